The Kier molecular flexibility index (Phi) is 6.56. The van der Waals surface area contributed by atoms with Gasteiger partial charge in [-0.05, 0) is 62.3 Å². The number of carbonyl (C=O) groups is 3. The molecule has 1 aromatic carbocycles. The van der Waals surface area contributed by atoms with Crippen molar-refractivity contribution in [3.63, 3.8) is 0 Å². The summed E-state index contributed by atoms with van der Waals surface area (Å²) in [4.78, 5) is 43.8. The van der Waals surface area contributed by atoms with Gasteiger partial charge in [0, 0.05) is 31.3 Å². The van der Waals surface area contributed by atoms with E-state index >= 15 is 0 Å². The van der Waals surface area contributed by atoms with E-state index in [4.69, 9.17) is 5.41 Å². The Bertz CT molecular complexity index is 1130. The lowest BCUT2D eigenvalue weighted by Crippen LogP contribution is -2.53. The Hall–Kier alpha value is -3.82. The number of hydrogen-bond acceptors (Lipinski definition) is 6. The van der Waals surface area contributed by atoms with Crippen LogP contribution < -0.4 is 10.6 Å². The van der Waals surface area contributed by atoms with Crippen molar-refractivity contribution in [3.05, 3.63) is 59.4 Å². The van der Waals surface area contributed by atoms with E-state index in [1.807, 2.05) is 0 Å². The Balaban J connectivity index is 1.49. The van der Waals surface area contributed by atoms with Gasteiger partial charge in [0.15, 0.2) is 0 Å². The maximum Gasteiger partial charge on any atom is 0.309 e. The maximum absolute atomic E-state index is 13.4. The van der Waals surface area contributed by atoms with Gasteiger partial charge in [0.2, 0.25) is 5.91 Å². The van der Waals surface area contributed by atoms with Crippen LogP contribution in [0.5, 0.6) is 0 Å². The number of amides is 2. The molecule has 2 bridgehead atoms. The lowest BCUT2D eigenvalue weighted by atomic mass is 9.53. The SMILES string of the molecule is CN1C(NC(=O)C23CCC(C(=O)O)(CC2)CC3)=CC(C(=O)NCc2ccc(F)cc2)=N/C1=C/C=N. The number of carboxylic acids is 1. The van der Waals surface area contributed by atoms with E-state index in [0.29, 0.717) is 55.7 Å². The molecule has 1 heterocycles. The number of benzene rings is 1. The quantitative estimate of drug-likeness (QED) is 0.444. The van der Waals surface area contributed by atoms with Crippen LogP contribution in [0, 0.1) is 22.1 Å². The second-order valence-electron chi connectivity index (χ2n) is 9.41. The third-order valence-corrected chi connectivity index (χ3v) is 7.47. The molecule has 184 valence electrons. The summed E-state index contributed by atoms with van der Waals surface area (Å²) >= 11 is 0. The first-order chi connectivity index (χ1) is 16.7. The van der Waals surface area contributed by atoms with Crippen LogP contribution in [0.3, 0.4) is 0 Å². The first kappa shape index (κ1) is 24.3. The van der Waals surface area contributed by atoms with Crippen molar-refractivity contribution in [1.82, 2.24) is 15.5 Å². The van der Waals surface area contributed by atoms with Crippen molar-refractivity contribution < 1.29 is 23.9 Å². The summed E-state index contributed by atoms with van der Waals surface area (Å²) in [7, 11) is 1.67. The molecule has 10 heteroatoms. The summed E-state index contributed by atoms with van der Waals surface area (Å²) < 4.78 is 13.1. The Labute approximate surface area is 202 Å². The van der Waals surface area contributed by atoms with Gasteiger partial charge in [-0.2, -0.15) is 0 Å². The fourth-order valence-corrected chi connectivity index (χ4v) is 5.01. The minimum atomic E-state index is -0.783. The number of rotatable bonds is 7. The zero-order chi connectivity index (χ0) is 25.2. The van der Waals surface area contributed by atoms with E-state index in [9.17, 15) is 23.9 Å². The molecular formula is C25H28FN5O4. The number of nitrogens with zero attached hydrogens (tertiary/aromatic N) is 2. The molecule has 3 fully saturated rings. The maximum atomic E-state index is 13.4. The summed E-state index contributed by atoms with van der Waals surface area (Å²) in [5.41, 5.74) is -0.578. The van der Waals surface area contributed by atoms with Crippen LogP contribution in [-0.4, -0.2) is 46.8 Å². The van der Waals surface area contributed by atoms with Crippen LogP contribution in [0.1, 0.15) is 44.1 Å². The van der Waals surface area contributed by atoms with Crippen molar-refractivity contribution in [2.45, 2.75) is 45.1 Å². The smallest absolute Gasteiger partial charge is 0.309 e. The molecule has 1 aliphatic heterocycles. The van der Waals surface area contributed by atoms with E-state index in [2.05, 4.69) is 15.6 Å². The molecule has 4 aliphatic rings. The van der Waals surface area contributed by atoms with Crippen LogP contribution >= 0.6 is 0 Å². The predicted molar refractivity (Wildman–Crippen MR) is 127 cm³/mol. The topological polar surface area (TPSA) is 135 Å². The first-order valence-electron chi connectivity index (χ1n) is 11.5. The van der Waals surface area contributed by atoms with E-state index in [1.54, 1.807) is 24.1 Å². The van der Waals surface area contributed by atoms with Crippen LogP contribution in [0.15, 0.2) is 53.1 Å². The average Bonchev–Trinajstić information content (AvgIpc) is 2.86. The first-order valence-corrected chi connectivity index (χ1v) is 11.5. The molecule has 3 aliphatic carbocycles. The van der Waals surface area contributed by atoms with Crippen LogP contribution in [0.4, 0.5) is 4.39 Å². The number of hydrogen-bond donors (Lipinski definition) is 4. The molecule has 35 heavy (non-hydrogen) atoms. The highest BCUT2D eigenvalue weighted by atomic mass is 19.1. The summed E-state index contributed by atoms with van der Waals surface area (Å²) in [6.45, 7) is 0.168. The third-order valence-electron chi connectivity index (χ3n) is 7.47. The van der Waals surface area contributed by atoms with Gasteiger partial charge in [-0.15, -0.1) is 0 Å². The molecule has 4 N–H and O–H groups in total. The average molecular weight is 482 g/mol. The normalized spacial score (nSPS) is 26.6. The minimum absolute atomic E-state index is 0.0586. The number of carbonyl (C=O) groups excluding carboxylic acids is 2. The van der Waals surface area contributed by atoms with Crippen molar-refractivity contribution in [2.24, 2.45) is 15.8 Å². The monoisotopic (exact) mass is 481 g/mol. The van der Waals surface area contributed by atoms with Gasteiger partial charge in [0.1, 0.15) is 23.2 Å². The van der Waals surface area contributed by atoms with Gasteiger partial charge in [-0.25, -0.2) is 9.38 Å². The van der Waals surface area contributed by atoms with Crippen LogP contribution in [0.2, 0.25) is 0 Å². The van der Waals surface area contributed by atoms with Gasteiger partial charge < -0.3 is 26.0 Å². The molecule has 0 aromatic heterocycles. The Morgan fingerprint density at radius 2 is 1.71 bits per heavy atom. The van der Waals surface area contributed by atoms with Crippen molar-refractivity contribution in [2.75, 3.05) is 7.05 Å². The summed E-state index contributed by atoms with van der Waals surface area (Å²) in [5, 5.41) is 22.7. The Morgan fingerprint density at radius 3 is 2.29 bits per heavy atom. The van der Waals surface area contributed by atoms with Crippen LogP contribution in [-0.2, 0) is 20.9 Å². The molecule has 0 radical (unpaired) electrons. The fraction of sp³-hybridized carbons (Fsp3) is 0.400. The van der Waals surface area contributed by atoms with E-state index in [1.165, 1.54) is 24.3 Å². The number of allylic oxidation sites excluding steroid dienone is 1. The molecule has 0 spiro atoms. The van der Waals surface area contributed by atoms with Gasteiger partial charge in [-0.1, -0.05) is 12.1 Å². The number of nitrogens with one attached hydrogen (secondary N) is 3. The highest BCUT2D eigenvalue weighted by molar-refractivity contribution is 6.43. The largest absolute Gasteiger partial charge is 0.481 e. The standard InChI is InChI=1S/C25H28FN5O4/c1-31-19(6-13-27)29-18(21(32)28-15-16-2-4-17(26)5-3-16)14-20(31)30-22(33)24-7-10-25(11-8-24,12-9-24)23(34)35/h2-6,13-14,27H,7-12,15H2,1H3,(H,28,32)(H,30,33)(H,34,35)/b19-6-,27-13?. The van der Waals surface area contributed by atoms with Gasteiger partial charge in [-0.3, -0.25) is 14.4 Å². The number of fused-ring (bicyclic) bond motifs is 3. The molecule has 3 saturated carbocycles. The molecule has 1 aromatic rings. The molecule has 2 amide bonds. The molecule has 5 rings (SSSR count). The molecule has 9 nitrogen and oxygen atoms in total. The number of halogens is 1. The summed E-state index contributed by atoms with van der Waals surface area (Å²) in [5.74, 6) is -1.18. The summed E-state index contributed by atoms with van der Waals surface area (Å²) in [6, 6.07) is 5.76. The van der Waals surface area contributed by atoms with E-state index in [-0.39, 0.29) is 24.0 Å². The summed E-state index contributed by atoms with van der Waals surface area (Å²) in [6.07, 6.45) is 6.86. The number of carboxylic acid groups (broad SMARTS) is 1. The van der Waals surface area contributed by atoms with Crippen molar-refractivity contribution in [1.29, 1.82) is 5.41 Å². The predicted octanol–water partition coefficient (Wildman–Crippen LogP) is 2.70. The zero-order valence-electron chi connectivity index (χ0n) is 19.4. The minimum Gasteiger partial charge on any atom is -0.481 e. The van der Waals surface area contributed by atoms with E-state index < -0.39 is 22.7 Å². The lowest BCUT2D eigenvalue weighted by molar-refractivity contribution is -0.163. The molecule has 0 atom stereocenters. The van der Waals surface area contributed by atoms with Gasteiger partial charge >= 0.3 is 5.97 Å². The number of aliphatic carboxylic acids is 1. The van der Waals surface area contributed by atoms with Crippen LogP contribution in [0.25, 0.3) is 0 Å². The molecular weight excluding hydrogens is 453 g/mol. The van der Waals surface area contributed by atoms with Crippen molar-refractivity contribution >= 4 is 29.7 Å². The number of aliphatic imine (C=N–C) groups is 1. The lowest BCUT2D eigenvalue weighted by Gasteiger charge is -2.50. The highest BCUT2D eigenvalue weighted by Crippen LogP contribution is 2.57. The zero-order valence-corrected chi connectivity index (χ0v) is 19.4. The van der Waals surface area contributed by atoms with Crippen molar-refractivity contribution in [3.8, 4) is 0 Å². The van der Waals surface area contributed by atoms with Gasteiger partial charge in [0.25, 0.3) is 5.91 Å². The second-order valence-corrected chi connectivity index (χ2v) is 9.41. The third kappa shape index (κ3) is 4.73. The van der Waals surface area contributed by atoms with E-state index in [0.717, 1.165) is 6.21 Å². The Morgan fingerprint density at radius 1 is 1.11 bits per heavy atom. The van der Waals surface area contributed by atoms with Gasteiger partial charge in [0.05, 0.1) is 5.41 Å². The second kappa shape index (κ2) is 9.44. The molecule has 0 unspecified atom stereocenters. The fourth-order valence-electron chi connectivity index (χ4n) is 5.01. The highest BCUT2D eigenvalue weighted by Gasteiger charge is 2.55. The molecule has 0 saturated heterocycles.